The zero-order chi connectivity index (χ0) is 17.4. The van der Waals surface area contributed by atoms with Gasteiger partial charge in [-0.3, -0.25) is 0 Å². The number of fused-ring (bicyclic) bond motifs is 1. The first kappa shape index (κ1) is 16.4. The zero-order valence-electron chi connectivity index (χ0n) is 14.0. The van der Waals surface area contributed by atoms with Crippen molar-refractivity contribution in [1.29, 1.82) is 0 Å². The van der Waals surface area contributed by atoms with Crippen LogP contribution in [0.1, 0.15) is 12.5 Å². The van der Waals surface area contributed by atoms with Gasteiger partial charge in [-0.25, -0.2) is 0 Å². The molecule has 6 heteroatoms. The van der Waals surface area contributed by atoms with Gasteiger partial charge in [0.15, 0.2) is 5.58 Å². The summed E-state index contributed by atoms with van der Waals surface area (Å²) in [6.07, 6.45) is 0. The molecule has 2 aromatic carbocycles. The quantitative estimate of drug-likeness (QED) is 0.752. The molecule has 0 spiro atoms. The van der Waals surface area contributed by atoms with Crippen LogP contribution in [0, 0.1) is 0 Å². The summed E-state index contributed by atoms with van der Waals surface area (Å²) in [5.74, 6) is 0. The van der Waals surface area contributed by atoms with Crippen molar-refractivity contribution in [1.82, 2.24) is 10.3 Å². The molecule has 0 amide bonds. The molecule has 2 N–H and O–H groups in total. The fourth-order valence-electron chi connectivity index (χ4n) is 3.36. The van der Waals surface area contributed by atoms with Gasteiger partial charge in [0, 0.05) is 36.3 Å². The predicted octanol–water partition coefficient (Wildman–Crippen LogP) is 3.44. The van der Waals surface area contributed by atoms with E-state index >= 15 is 0 Å². The van der Waals surface area contributed by atoms with Crippen molar-refractivity contribution in [2.24, 2.45) is 0 Å². The Balaban J connectivity index is 1.87. The minimum Gasteiger partial charge on any atom is -0.423 e. The van der Waals surface area contributed by atoms with E-state index in [0.29, 0.717) is 22.7 Å². The molecule has 130 valence electrons. The molecule has 1 fully saturated rings. The van der Waals surface area contributed by atoms with Crippen LogP contribution in [0.4, 0.5) is 6.01 Å². The van der Waals surface area contributed by atoms with E-state index in [2.05, 4.69) is 22.1 Å². The van der Waals surface area contributed by atoms with Crippen LogP contribution in [0.5, 0.6) is 0 Å². The molecule has 1 aromatic heterocycles. The monoisotopic (exact) mass is 357 g/mol. The summed E-state index contributed by atoms with van der Waals surface area (Å²) in [7, 11) is 0. The van der Waals surface area contributed by atoms with Crippen LogP contribution in [-0.4, -0.2) is 35.8 Å². The van der Waals surface area contributed by atoms with E-state index in [1.54, 1.807) is 0 Å². The lowest BCUT2D eigenvalue weighted by molar-refractivity contribution is 0.282. The number of hydrogen-bond donors (Lipinski definition) is 2. The van der Waals surface area contributed by atoms with Crippen LogP contribution < -0.4 is 10.2 Å². The highest BCUT2D eigenvalue weighted by Gasteiger charge is 2.24. The molecule has 1 saturated heterocycles. The van der Waals surface area contributed by atoms with E-state index in [-0.39, 0.29) is 6.61 Å². The van der Waals surface area contributed by atoms with Gasteiger partial charge in [-0.2, -0.15) is 4.98 Å². The molecule has 1 aliphatic heterocycles. The second-order valence-electron chi connectivity index (χ2n) is 6.36. The molecule has 2 heterocycles. The molecule has 1 atom stereocenters. The third kappa shape index (κ3) is 2.99. The Morgan fingerprint density at radius 3 is 2.96 bits per heavy atom. The van der Waals surface area contributed by atoms with Gasteiger partial charge in [0.1, 0.15) is 5.52 Å². The molecule has 0 aliphatic carbocycles. The predicted molar refractivity (Wildman–Crippen MR) is 100 cm³/mol. The third-order valence-corrected chi connectivity index (χ3v) is 4.89. The number of hydrogen-bond acceptors (Lipinski definition) is 5. The number of nitrogens with zero attached hydrogens (tertiary/aromatic N) is 2. The third-order valence-electron chi connectivity index (χ3n) is 4.67. The zero-order valence-corrected chi connectivity index (χ0v) is 14.8. The number of piperazine rings is 1. The SMILES string of the molecule is CC1CNCCN1c1nc2cc(Cl)cc(-c3ccccc3CO)c2o1. The molecule has 3 aromatic rings. The number of halogens is 1. The van der Waals surface area contributed by atoms with Gasteiger partial charge in [0.25, 0.3) is 6.01 Å². The van der Waals surface area contributed by atoms with Crippen molar-refractivity contribution in [2.75, 3.05) is 24.5 Å². The number of aromatic nitrogens is 1. The van der Waals surface area contributed by atoms with Crippen molar-refractivity contribution in [3.8, 4) is 11.1 Å². The fraction of sp³-hybridized carbons (Fsp3) is 0.316. The standard InChI is InChI=1S/C19H20ClN3O2/c1-12-10-21-6-7-23(12)19-22-17-9-14(20)8-16(18(17)25-19)15-5-3-2-4-13(15)11-24/h2-5,8-9,12,21,24H,6-7,10-11H2,1H3. The topological polar surface area (TPSA) is 61.5 Å². The maximum atomic E-state index is 9.67. The molecule has 25 heavy (non-hydrogen) atoms. The highest BCUT2D eigenvalue weighted by molar-refractivity contribution is 6.31. The summed E-state index contributed by atoms with van der Waals surface area (Å²) in [5, 5.41) is 13.6. The molecular formula is C19H20ClN3O2. The van der Waals surface area contributed by atoms with Crippen LogP contribution in [0.15, 0.2) is 40.8 Å². The molecule has 0 bridgehead atoms. The molecule has 4 rings (SSSR count). The van der Waals surface area contributed by atoms with E-state index < -0.39 is 0 Å². The smallest absolute Gasteiger partial charge is 0.298 e. The van der Waals surface area contributed by atoms with Gasteiger partial charge >= 0.3 is 0 Å². The Bertz CT molecular complexity index is 909. The lowest BCUT2D eigenvalue weighted by atomic mass is 9.99. The van der Waals surface area contributed by atoms with Crippen LogP contribution in [-0.2, 0) is 6.61 Å². The summed E-state index contributed by atoms with van der Waals surface area (Å²) in [6, 6.07) is 12.3. The van der Waals surface area contributed by atoms with E-state index in [1.165, 1.54) is 0 Å². The number of rotatable bonds is 3. The van der Waals surface area contributed by atoms with Crippen LogP contribution in [0.2, 0.25) is 5.02 Å². The van der Waals surface area contributed by atoms with Crippen molar-refractivity contribution < 1.29 is 9.52 Å². The normalized spacial score (nSPS) is 18.0. The Morgan fingerprint density at radius 1 is 1.32 bits per heavy atom. The summed E-state index contributed by atoms with van der Waals surface area (Å²) in [6.45, 7) is 4.77. The van der Waals surface area contributed by atoms with Gasteiger partial charge in [-0.15, -0.1) is 0 Å². The van der Waals surface area contributed by atoms with Crippen molar-refractivity contribution in [3.05, 3.63) is 47.0 Å². The highest BCUT2D eigenvalue weighted by Crippen LogP contribution is 2.36. The second kappa shape index (κ2) is 6.67. The highest BCUT2D eigenvalue weighted by atomic mass is 35.5. The average Bonchev–Trinajstić information content (AvgIpc) is 3.05. The Labute approximate surface area is 151 Å². The van der Waals surface area contributed by atoms with E-state index in [9.17, 15) is 5.11 Å². The number of benzene rings is 2. The van der Waals surface area contributed by atoms with Gasteiger partial charge in [0.2, 0.25) is 0 Å². The van der Waals surface area contributed by atoms with Crippen LogP contribution in [0.3, 0.4) is 0 Å². The second-order valence-corrected chi connectivity index (χ2v) is 6.80. The first-order chi connectivity index (χ1) is 12.2. The molecule has 1 aliphatic rings. The first-order valence-corrected chi connectivity index (χ1v) is 8.81. The maximum absolute atomic E-state index is 9.67. The number of nitrogens with one attached hydrogen (secondary N) is 1. The number of oxazole rings is 1. The summed E-state index contributed by atoms with van der Waals surface area (Å²) >= 11 is 6.33. The molecule has 1 unspecified atom stereocenters. The number of anilines is 1. The van der Waals surface area contributed by atoms with Gasteiger partial charge < -0.3 is 19.7 Å². The van der Waals surface area contributed by atoms with Crippen molar-refractivity contribution in [2.45, 2.75) is 19.6 Å². The van der Waals surface area contributed by atoms with E-state index in [0.717, 1.165) is 41.8 Å². The minimum absolute atomic E-state index is 0.0417. The summed E-state index contributed by atoms with van der Waals surface area (Å²) < 4.78 is 6.16. The Kier molecular flexibility index (Phi) is 4.37. The molecular weight excluding hydrogens is 338 g/mol. The summed E-state index contributed by atoms with van der Waals surface area (Å²) in [5.41, 5.74) is 4.03. The van der Waals surface area contributed by atoms with Gasteiger partial charge in [-0.1, -0.05) is 35.9 Å². The fourth-order valence-corrected chi connectivity index (χ4v) is 3.57. The van der Waals surface area contributed by atoms with Gasteiger partial charge in [0.05, 0.1) is 6.61 Å². The molecule has 0 saturated carbocycles. The van der Waals surface area contributed by atoms with Crippen LogP contribution in [0.25, 0.3) is 22.2 Å². The Morgan fingerprint density at radius 2 is 2.16 bits per heavy atom. The number of aliphatic hydroxyl groups is 1. The summed E-state index contributed by atoms with van der Waals surface area (Å²) in [4.78, 5) is 6.85. The van der Waals surface area contributed by atoms with Crippen molar-refractivity contribution in [3.63, 3.8) is 0 Å². The molecule has 5 nitrogen and oxygen atoms in total. The van der Waals surface area contributed by atoms with Crippen LogP contribution >= 0.6 is 11.6 Å². The maximum Gasteiger partial charge on any atom is 0.298 e. The molecule has 0 radical (unpaired) electrons. The lowest BCUT2D eigenvalue weighted by Crippen LogP contribution is -2.50. The van der Waals surface area contributed by atoms with Gasteiger partial charge in [-0.05, 0) is 30.2 Å². The first-order valence-electron chi connectivity index (χ1n) is 8.44. The van der Waals surface area contributed by atoms with Crippen molar-refractivity contribution >= 4 is 28.7 Å². The van der Waals surface area contributed by atoms with E-state index in [1.807, 2.05) is 36.4 Å². The number of aliphatic hydroxyl groups excluding tert-OH is 1. The Hall–Kier alpha value is -2.08. The average molecular weight is 358 g/mol. The lowest BCUT2D eigenvalue weighted by Gasteiger charge is -2.32. The van der Waals surface area contributed by atoms with E-state index in [4.69, 9.17) is 16.0 Å². The largest absolute Gasteiger partial charge is 0.423 e. The minimum atomic E-state index is -0.0417.